The van der Waals surface area contributed by atoms with Gasteiger partial charge in [-0.15, -0.1) is 0 Å². The molecule has 0 fully saturated rings. The molecule has 2 unspecified atom stereocenters. The first-order valence-corrected chi connectivity index (χ1v) is 5.80. The molecule has 0 saturated carbocycles. The van der Waals surface area contributed by atoms with Gasteiger partial charge in [0.15, 0.2) is 0 Å². The van der Waals surface area contributed by atoms with Crippen molar-refractivity contribution in [1.82, 2.24) is 0 Å². The fourth-order valence-electron chi connectivity index (χ4n) is 1.10. The topological polar surface area (TPSA) is 88.4 Å². The molecule has 0 saturated heterocycles. The van der Waals surface area contributed by atoms with Gasteiger partial charge in [0, 0.05) is 0 Å². The van der Waals surface area contributed by atoms with Crippen LogP contribution in [0, 0.1) is 0 Å². The summed E-state index contributed by atoms with van der Waals surface area (Å²) < 4.78 is 15.7. The zero-order chi connectivity index (χ0) is 13.1. The maximum atomic E-state index is 9.02. The van der Waals surface area contributed by atoms with Crippen LogP contribution in [-0.4, -0.2) is 73.3 Å². The quantitative estimate of drug-likeness (QED) is 0.444. The van der Waals surface area contributed by atoms with Crippen LogP contribution in [0.25, 0.3) is 0 Å². The van der Waals surface area contributed by atoms with Gasteiger partial charge in [-0.25, -0.2) is 0 Å². The van der Waals surface area contributed by atoms with E-state index >= 15 is 0 Å². The van der Waals surface area contributed by atoms with Crippen molar-refractivity contribution in [2.45, 2.75) is 32.2 Å². The van der Waals surface area contributed by atoms with Crippen molar-refractivity contribution in [3.8, 4) is 0 Å². The summed E-state index contributed by atoms with van der Waals surface area (Å²) in [5.74, 6) is 0. The van der Waals surface area contributed by atoms with Crippen molar-refractivity contribution in [3.63, 3.8) is 0 Å². The molecule has 17 heavy (non-hydrogen) atoms. The van der Waals surface area contributed by atoms with Gasteiger partial charge < -0.3 is 29.5 Å². The second-order valence-electron chi connectivity index (χ2n) is 3.99. The molecule has 0 bridgehead atoms. The molecule has 0 radical (unpaired) electrons. The molecular weight excluding hydrogens is 228 g/mol. The van der Waals surface area contributed by atoms with E-state index in [1.807, 2.05) is 0 Å². The van der Waals surface area contributed by atoms with E-state index in [2.05, 4.69) is 0 Å². The van der Waals surface area contributed by atoms with Gasteiger partial charge in [0.2, 0.25) is 0 Å². The third kappa shape index (κ3) is 12.0. The Morgan fingerprint density at radius 1 is 0.882 bits per heavy atom. The highest BCUT2D eigenvalue weighted by Crippen LogP contribution is 1.97. The Kier molecular flexibility index (Phi) is 10.7. The minimum Gasteiger partial charge on any atom is -0.394 e. The summed E-state index contributed by atoms with van der Waals surface area (Å²) >= 11 is 0. The highest BCUT2D eigenvalue weighted by Gasteiger charge is 2.11. The molecule has 0 aliphatic carbocycles. The smallest absolute Gasteiger partial charge is 0.104 e. The Morgan fingerprint density at radius 3 is 1.71 bits per heavy atom. The number of hydrogen-bond acceptors (Lipinski definition) is 6. The minimum atomic E-state index is -0.521. The molecule has 3 N–H and O–H groups in total. The molecule has 0 aromatic rings. The van der Waals surface area contributed by atoms with E-state index in [0.717, 1.165) is 0 Å². The molecule has 0 rings (SSSR count). The number of aliphatic hydroxyl groups is 3. The van der Waals surface area contributed by atoms with Gasteiger partial charge in [-0.2, -0.15) is 0 Å². The third-order valence-electron chi connectivity index (χ3n) is 1.77. The van der Waals surface area contributed by atoms with E-state index in [0.29, 0.717) is 0 Å². The SMILES string of the molecule is CC(O)COCC(COCC(C)O)OCCO. The molecule has 0 aliphatic heterocycles. The number of rotatable bonds is 11. The predicted molar refractivity (Wildman–Crippen MR) is 61.8 cm³/mol. The Balaban J connectivity index is 3.71. The highest BCUT2D eigenvalue weighted by atomic mass is 16.6. The first kappa shape index (κ1) is 16.8. The summed E-state index contributed by atoms with van der Waals surface area (Å²) in [6, 6.07) is 0. The molecule has 0 amide bonds. The first-order valence-electron chi connectivity index (χ1n) is 5.80. The van der Waals surface area contributed by atoms with Gasteiger partial charge in [0.25, 0.3) is 0 Å². The van der Waals surface area contributed by atoms with Crippen LogP contribution in [0.1, 0.15) is 13.8 Å². The largest absolute Gasteiger partial charge is 0.394 e. The van der Waals surface area contributed by atoms with E-state index in [1.54, 1.807) is 13.8 Å². The molecule has 0 aliphatic rings. The molecular formula is C11H24O6. The fraction of sp³-hybridized carbons (Fsp3) is 1.00. The lowest BCUT2D eigenvalue weighted by molar-refractivity contribution is -0.0837. The van der Waals surface area contributed by atoms with Crippen LogP contribution in [-0.2, 0) is 14.2 Å². The maximum absolute atomic E-state index is 9.02. The lowest BCUT2D eigenvalue weighted by atomic mass is 10.4. The Hall–Kier alpha value is -0.240. The van der Waals surface area contributed by atoms with Crippen LogP contribution in [0.5, 0.6) is 0 Å². The van der Waals surface area contributed by atoms with Gasteiger partial charge in [0.1, 0.15) is 6.10 Å². The molecule has 6 nitrogen and oxygen atoms in total. The van der Waals surface area contributed by atoms with E-state index in [9.17, 15) is 0 Å². The van der Waals surface area contributed by atoms with Crippen molar-refractivity contribution >= 4 is 0 Å². The first-order chi connectivity index (χ1) is 8.06. The van der Waals surface area contributed by atoms with E-state index < -0.39 is 12.2 Å². The monoisotopic (exact) mass is 252 g/mol. The second kappa shape index (κ2) is 10.9. The minimum absolute atomic E-state index is 0.0662. The van der Waals surface area contributed by atoms with Crippen molar-refractivity contribution < 1.29 is 29.5 Å². The van der Waals surface area contributed by atoms with Crippen molar-refractivity contribution in [2.75, 3.05) is 39.6 Å². The van der Waals surface area contributed by atoms with Crippen LogP contribution in [0.15, 0.2) is 0 Å². The molecule has 0 spiro atoms. The molecule has 0 aromatic carbocycles. The summed E-state index contributed by atoms with van der Waals surface area (Å²) in [5.41, 5.74) is 0. The highest BCUT2D eigenvalue weighted by molar-refractivity contribution is 4.57. The number of aliphatic hydroxyl groups excluding tert-OH is 3. The zero-order valence-corrected chi connectivity index (χ0v) is 10.5. The van der Waals surface area contributed by atoms with Crippen molar-refractivity contribution in [1.29, 1.82) is 0 Å². The standard InChI is InChI=1S/C11H24O6/c1-9(13)5-15-7-11(17-4-3-12)8-16-6-10(2)14/h9-14H,3-8H2,1-2H3. The van der Waals surface area contributed by atoms with E-state index in [1.165, 1.54) is 0 Å². The average molecular weight is 252 g/mol. The number of hydrogen-bond donors (Lipinski definition) is 3. The fourth-order valence-corrected chi connectivity index (χ4v) is 1.10. The van der Waals surface area contributed by atoms with Crippen molar-refractivity contribution in [3.05, 3.63) is 0 Å². The normalized spacial score (nSPS) is 16.8. The Bertz CT molecular complexity index is 148. The van der Waals surface area contributed by atoms with Gasteiger partial charge in [0.05, 0.1) is 51.8 Å². The van der Waals surface area contributed by atoms with Gasteiger partial charge in [-0.1, -0.05) is 0 Å². The molecule has 0 heterocycles. The molecule has 104 valence electrons. The van der Waals surface area contributed by atoms with Crippen LogP contribution < -0.4 is 0 Å². The van der Waals surface area contributed by atoms with Crippen LogP contribution in [0.4, 0.5) is 0 Å². The van der Waals surface area contributed by atoms with Crippen LogP contribution in [0.2, 0.25) is 0 Å². The predicted octanol–water partition coefficient (Wildman–Crippen LogP) is -0.841. The molecule has 2 atom stereocenters. The van der Waals surface area contributed by atoms with Gasteiger partial charge in [-0.05, 0) is 13.8 Å². The Morgan fingerprint density at radius 2 is 1.35 bits per heavy atom. The zero-order valence-electron chi connectivity index (χ0n) is 10.5. The lowest BCUT2D eigenvalue weighted by Crippen LogP contribution is -2.29. The van der Waals surface area contributed by atoms with Crippen LogP contribution >= 0.6 is 0 Å². The Labute approximate surface area is 102 Å². The molecule has 6 heteroatoms. The third-order valence-corrected chi connectivity index (χ3v) is 1.77. The van der Waals surface area contributed by atoms with Gasteiger partial charge >= 0.3 is 0 Å². The van der Waals surface area contributed by atoms with E-state index in [-0.39, 0.29) is 45.7 Å². The summed E-state index contributed by atoms with van der Waals surface area (Å²) in [6.07, 6.45) is -1.35. The summed E-state index contributed by atoms with van der Waals surface area (Å²) in [6.45, 7) is 4.44. The average Bonchev–Trinajstić information content (AvgIpc) is 2.24. The summed E-state index contributed by atoms with van der Waals surface area (Å²) in [5, 5.41) is 26.7. The maximum Gasteiger partial charge on any atom is 0.104 e. The lowest BCUT2D eigenvalue weighted by Gasteiger charge is -2.18. The number of ether oxygens (including phenoxy) is 3. The second-order valence-corrected chi connectivity index (χ2v) is 3.99. The summed E-state index contributed by atoms with van der Waals surface area (Å²) in [7, 11) is 0. The molecule has 0 aromatic heterocycles. The van der Waals surface area contributed by atoms with Crippen molar-refractivity contribution in [2.24, 2.45) is 0 Å². The summed E-state index contributed by atoms with van der Waals surface area (Å²) in [4.78, 5) is 0. The van der Waals surface area contributed by atoms with Gasteiger partial charge in [-0.3, -0.25) is 0 Å². The van der Waals surface area contributed by atoms with E-state index in [4.69, 9.17) is 29.5 Å². The van der Waals surface area contributed by atoms with Crippen LogP contribution in [0.3, 0.4) is 0 Å².